The first kappa shape index (κ1) is 21.1. The second kappa shape index (κ2) is 9.31. The van der Waals surface area contributed by atoms with Crippen molar-refractivity contribution in [2.24, 2.45) is 0 Å². The molecule has 158 valence electrons. The van der Waals surface area contributed by atoms with Crippen LogP contribution >= 0.6 is 11.6 Å². The van der Waals surface area contributed by atoms with Gasteiger partial charge in [0, 0.05) is 16.1 Å². The summed E-state index contributed by atoms with van der Waals surface area (Å²) >= 11 is 6.31. The topological polar surface area (TPSA) is 46.9 Å². The van der Waals surface area contributed by atoms with Crippen LogP contribution in [-0.2, 0) is 6.54 Å². The Hall–Kier alpha value is -3.18. The lowest BCUT2D eigenvalue weighted by atomic mass is 10.1. The average Bonchev–Trinajstić information content (AvgIpc) is 3.15. The van der Waals surface area contributed by atoms with Crippen molar-refractivity contribution in [3.05, 3.63) is 101 Å². The Labute approximate surface area is 185 Å². The van der Waals surface area contributed by atoms with Crippen molar-refractivity contribution in [2.75, 3.05) is 0 Å². The number of carbonyl (C=O) groups excluding carboxylic acids is 1. The summed E-state index contributed by atoms with van der Waals surface area (Å²) in [7, 11) is 0. The predicted molar refractivity (Wildman–Crippen MR) is 122 cm³/mol. The number of carbonyl (C=O) groups is 1. The largest absolute Gasteiger partial charge is 0.342 e. The fourth-order valence-electron chi connectivity index (χ4n) is 3.75. The minimum atomic E-state index is -0.364. The number of aromatic nitrogens is 2. The van der Waals surface area contributed by atoms with E-state index in [4.69, 9.17) is 16.6 Å². The van der Waals surface area contributed by atoms with Gasteiger partial charge in [-0.15, -0.1) is 0 Å². The van der Waals surface area contributed by atoms with Crippen LogP contribution in [0.1, 0.15) is 47.6 Å². The lowest BCUT2D eigenvalue weighted by Gasteiger charge is -2.20. The van der Waals surface area contributed by atoms with Gasteiger partial charge in [0.2, 0.25) is 0 Å². The van der Waals surface area contributed by atoms with Gasteiger partial charge in [-0.25, -0.2) is 9.37 Å². The molecule has 0 radical (unpaired) electrons. The van der Waals surface area contributed by atoms with Crippen molar-refractivity contribution in [3.8, 4) is 0 Å². The number of benzene rings is 3. The molecule has 0 spiro atoms. The van der Waals surface area contributed by atoms with Crippen LogP contribution in [-0.4, -0.2) is 15.5 Å². The van der Waals surface area contributed by atoms with E-state index >= 15 is 0 Å². The summed E-state index contributed by atoms with van der Waals surface area (Å²) in [4.78, 5) is 17.7. The molecule has 0 fully saturated rings. The SMILES string of the molecule is CCCC(NC(=O)c1ccccc1)c1nc2ccccc2n1Cc1c(F)cccc1Cl. The molecule has 0 aliphatic heterocycles. The number of nitrogens with one attached hydrogen (secondary N) is 1. The molecule has 1 heterocycles. The molecule has 0 saturated carbocycles. The van der Waals surface area contributed by atoms with Crippen molar-refractivity contribution in [1.29, 1.82) is 0 Å². The third-order valence-corrected chi connectivity index (χ3v) is 5.65. The van der Waals surface area contributed by atoms with Crippen molar-refractivity contribution in [1.82, 2.24) is 14.9 Å². The average molecular weight is 436 g/mol. The number of amides is 1. The summed E-state index contributed by atoms with van der Waals surface area (Å²) in [5, 5.41) is 3.48. The fourth-order valence-corrected chi connectivity index (χ4v) is 3.98. The highest BCUT2D eigenvalue weighted by atomic mass is 35.5. The normalized spacial score (nSPS) is 12.1. The highest BCUT2D eigenvalue weighted by Gasteiger charge is 2.23. The Kier molecular flexibility index (Phi) is 6.33. The van der Waals surface area contributed by atoms with E-state index in [1.165, 1.54) is 6.07 Å². The van der Waals surface area contributed by atoms with Crippen molar-refractivity contribution < 1.29 is 9.18 Å². The molecule has 31 heavy (non-hydrogen) atoms. The van der Waals surface area contributed by atoms with E-state index in [2.05, 4.69) is 12.2 Å². The smallest absolute Gasteiger partial charge is 0.251 e. The summed E-state index contributed by atoms with van der Waals surface area (Å²) < 4.78 is 16.5. The lowest BCUT2D eigenvalue weighted by molar-refractivity contribution is 0.0932. The minimum Gasteiger partial charge on any atom is -0.342 e. The molecule has 6 heteroatoms. The van der Waals surface area contributed by atoms with E-state index in [1.54, 1.807) is 24.3 Å². The van der Waals surface area contributed by atoms with E-state index in [0.717, 1.165) is 17.5 Å². The van der Waals surface area contributed by atoms with Crippen molar-refractivity contribution >= 4 is 28.5 Å². The first-order chi connectivity index (χ1) is 15.1. The van der Waals surface area contributed by atoms with Gasteiger partial charge in [0.25, 0.3) is 5.91 Å². The molecule has 1 atom stereocenters. The maximum atomic E-state index is 14.6. The van der Waals surface area contributed by atoms with E-state index in [1.807, 2.05) is 47.0 Å². The van der Waals surface area contributed by atoms with Crippen LogP contribution in [0.2, 0.25) is 5.02 Å². The highest BCUT2D eigenvalue weighted by Crippen LogP contribution is 2.28. The van der Waals surface area contributed by atoms with Crippen LogP contribution < -0.4 is 5.32 Å². The molecular formula is C25H23ClFN3O. The number of hydrogen-bond acceptors (Lipinski definition) is 2. The van der Waals surface area contributed by atoms with Crippen LogP contribution in [0.25, 0.3) is 11.0 Å². The number of rotatable bonds is 7. The molecule has 0 saturated heterocycles. The summed E-state index contributed by atoms with van der Waals surface area (Å²) in [5.74, 6) is 0.157. The van der Waals surface area contributed by atoms with Crippen LogP contribution in [0.15, 0.2) is 72.8 Å². The minimum absolute atomic E-state index is 0.165. The molecule has 0 aliphatic rings. The zero-order valence-electron chi connectivity index (χ0n) is 17.2. The maximum absolute atomic E-state index is 14.6. The van der Waals surface area contributed by atoms with Crippen LogP contribution in [0.3, 0.4) is 0 Å². The standard InChI is InChI=1S/C25H23ClFN3O/c1-2-9-22(29-25(31)17-10-4-3-5-11-17)24-28-21-14-6-7-15-23(21)30(24)16-18-19(26)12-8-13-20(18)27/h3-8,10-15,22H,2,9,16H2,1H3,(H,29,31). The molecule has 0 bridgehead atoms. The van der Waals surface area contributed by atoms with Gasteiger partial charge in [-0.05, 0) is 42.8 Å². The number of para-hydroxylation sites is 2. The first-order valence-electron chi connectivity index (χ1n) is 10.3. The van der Waals surface area contributed by atoms with Crippen molar-refractivity contribution in [3.63, 3.8) is 0 Å². The molecule has 1 N–H and O–H groups in total. The third-order valence-electron chi connectivity index (χ3n) is 5.29. The number of fused-ring (bicyclic) bond motifs is 1. The summed E-state index contributed by atoms with van der Waals surface area (Å²) in [6.07, 6.45) is 1.55. The van der Waals surface area contributed by atoms with Gasteiger partial charge >= 0.3 is 0 Å². The Morgan fingerprint density at radius 1 is 1.06 bits per heavy atom. The Morgan fingerprint density at radius 3 is 2.55 bits per heavy atom. The second-order valence-corrected chi connectivity index (χ2v) is 7.83. The highest BCUT2D eigenvalue weighted by molar-refractivity contribution is 6.31. The summed E-state index contributed by atoms with van der Waals surface area (Å²) in [6.45, 7) is 2.28. The molecular weight excluding hydrogens is 413 g/mol. The number of nitrogens with zero attached hydrogens (tertiary/aromatic N) is 2. The van der Waals surface area contributed by atoms with Gasteiger partial charge in [0.1, 0.15) is 11.6 Å². The molecule has 1 aromatic heterocycles. The third kappa shape index (κ3) is 4.47. The second-order valence-electron chi connectivity index (χ2n) is 7.43. The van der Waals surface area contributed by atoms with Gasteiger partial charge in [-0.3, -0.25) is 4.79 Å². The van der Waals surface area contributed by atoms with E-state index < -0.39 is 0 Å². The van der Waals surface area contributed by atoms with Crippen LogP contribution in [0, 0.1) is 5.82 Å². The van der Waals surface area contributed by atoms with Crippen molar-refractivity contribution in [2.45, 2.75) is 32.4 Å². The Balaban J connectivity index is 1.77. The molecule has 3 aromatic carbocycles. The molecule has 4 rings (SSSR count). The number of halogens is 2. The Bertz CT molecular complexity index is 1190. The van der Waals surface area contributed by atoms with Gasteiger partial charge < -0.3 is 9.88 Å². The monoisotopic (exact) mass is 435 g/mol. The van der Waals surface area contributed by atoms with Gasteiger partial charge in [-0.1, -0.05) is 61.3 Å². The molecule has 1 amide bonds. The molecule has 4 nitrogen and oxygen atoms in total. The molecule has 0 aliphatic carbocycles. The van der Waals surface area contributed by atoms with E-state index in [-0.39, 0.29) is 24.3 Å². The fraction of sp³-hybridized carbons (Fsp3) is 0.200. The first-order valence-corrected chi connectivity index (χ1v) is 10.7. The zero-order chi connectivity index (χ0) is 21.8. The Morgan fingerprint density at radius 2 is 1.81 bits per heavy atom. The van der Waals surface area contributed by atoms with Gasteiger partial charge in [0.05, 0.1) is 23.6 Å². The predicted octanol–water partition coefficient (Wildman–Crippen LogP) is 6.15. The molecule has 1 unspecified atom stereocenters. The molecule has 4 aromatic rings. The van der Waals surface area contributed by atoms with Gasteiger partial charge in [-0.2, -0.15) is 0 Å². The van der Waals surface area contributed by atoms with Crippen LogP contribution in [0.4, 0.5) is 4.39 Å². The zero-order valence-corrected chi connectivity index (χ0v) is 17.9. The van der Waals surface area contributed by atoms with E-state index in [0.29, 0.717) is 28.4 Å². The lowest BCUT2D eigenvalue weighted by Crippen LogP contribution is -2.30. The maximum Gasteiger partial charge on any atom is 0.251 e. The van der Waals surface area contributed by atoms with Crippen LogP contribution in [0.5, 0.6) is 0 Å². The van der Waals surface area contributed by atoms with E-state index in [9.17, 15) is 9.18 Å². The number of hydrogen-bond donors (Lipinski definition) is 1. The quantitative estimate of drug-likeness (QED) is 0.378. The summed E-state index contributed by atoms with van der Waals surface area (Å²) in [6, 6.07) is 21.1. The number of imidazole rings is 1. The van der Waals surface area contributed by atoms with Gasteiger partial charge in [0.15, 0.2) is 0 Å². The summed E-state index contributed by atoms with van der Waals surface area (Å²) in [5.41, 5.74) is 2.65.